The molecule has 0 radical (unpaired) electrons. The molecule has 0 bridgehead atoms. The van der Waals surface area contributed by atoms with Crippen molar-refractivity contribution in [2.24, 2.45) is 0 Å². The van der Waals surface area contributed by atoms with Gasteiger partial charge in [0.1, 0.15) is 11.9 Å². The first-order valence-corrected chi connectivity index (χ1v) is 9.05. The molecule has 0 unspecified atom stereocenters. The number of phenolic OH excluding ortho intramolecular Hbond substituents is 2. The van der Waals surface area contributed by atoms with Gasteiger partial charge in [0, 0.05) is 25.5 Å². The van der Waals surface area contributed by atoms with Crippen LogP contribution in [0.15, 0.2) is 36.4 Å². The number of carbonyl (C=O) groups excluding carboxylic acids is 2. The van der Waals surface area contributed by atoms with E-state index in [1.807, 2.05) is 12.1 Å². The van der Waals surface area contributed by atoms with Crippen LogP contribution in [0.4, 0.5) is 0 Å². The number of nitrogens with one attached hydrogen (secondary N) is 1. The number of aromatic hydroxyl groups is 2. The van der Waals surface area contributed by atoms with Gasteiger partial charge in [0.15, 0.2) is 29.1 Å². The molecule has 1 amide bonds. The van der Waals surface area contributed by atoms with Crippen molar-refractivity contribution in [1.29, 1.82) is 0 Å². The van der Waals surface area contributed by atoms with E-state index >= 15 is 0 Å². The Kier molecular flexibility index (Phi) is 5.73. The van der Waals surface area contributed by atoms with Gasteiger partial charge < -0.3 is 25.0 Å². The number of phenols is 2. The predicted octanol–water partition coefficient (Wildman–Crippen LogP) is 2.64. The molecule has 0 saturated heterocycles. The molecular formula is C21H23NO6. The molecule has 2 atom stereocenters. The van der Waals surface area contributed by atoms with E-state index in [9.17, 15) is 19.8 Å². The second kappa shape index (κ2) is 8.21. The van der Waals surface area contributed by atoms with Gasteiger partial charge in [-0.2, -0.15) is 0 Å². The number of ether oxygens (including phenoxy) is 2. The zero-order valence-corrected chi connectivity index (χ0v) is 15.8. The number of fused-ring (bicyclic) bond motifs is 1. The average molecular weight is 385 g/mol. The van der Waals surface area contributed by atoms with Crippen LogP contribution in [0.5, 0.6) is 23.0 Å². The van der Waals surface area contributed by atoms with Gasteiger partial charge in [-0.1, -0.05) is 12.1 Å². The summed E-state index contributed by atoms with van der Waals surface area (Å²) in [7, 11) is 0. The third kappa shape index (κ3) is 4.54. The highest BCUT2D eigenvalue weighted by Gasteiger charge is 2.34. The molecule has 1 aliphatic rings. The molecule has 2 aromatic carbocycles. The van der Waals surface area contributed by atoms with Crippen molar-refractivity contribution < 1.29 is 29.3 Å². The van der Waals surface area contributed by atoms with E-state index in [1.165, 1.54) is 26.0 Å². The molecule has 0 spiro atoms. The molecule has 3 N–H and O–H groups in total. The van der Waals surface area contributed by atoms with E-state index in [2.05, 4.69) is 5.32 Å². The van der Waals surface area contributed by atoms with Crippen molar-refractivity contribution in [3.63, 3.8) is 0 Å². The molecule has 2 aromatic rings. The Hall–Kier alpha value is -3.22. The standard InChI is InChI=1S/C21H23NO6/c1-12(23)9-20-21(15-4-5-16(25)17(26)11-15)28-18-6-3-14(10-19(18)27-20)7-8-22-13(2)24/h3-6,10-11,20-21,25-26H,7-9H2,1-2H3,(H,22,24)/t20-,21+/m1/s1. The Labute approximate surface area is 162 Å². The van der Waals surface area contributed by atoms with Gasteiger partial charge in [-0.05, 0) is 43.2 Å². The smallest absolute Gasteiger partial charge is 0.216 e. The number of rotatable bonds is 6. The normalized spacial score (nSPS) is 17.8. The largest absolute Gasteiger partial charge is 0.504 e. The maximum Gasteiger partial charge on any atom is 0.216 e. The lowest BCUT2D eigenvalue weighted by Crippen LogP contribution is -2.34. The fourth-order valence-electron chi connectivity index (χ4n) is 3.15. The molecule has 3 rings (SSSR count). The highest BCUT2D eigenvalue weighted by molar-refractivity contribution is 5.76. The fraction of sp³-hybridized carbons (Fsp3) is 0.333. The van der Waals surface area contributed by atoms with Crippen LogP contribution in [0.1, 0.15) is 37.5 Å². The Morgan fingerprint density at radius 3 is 2.46 bits per heavy atom. The lowest BCUT2D eigenvalue weighted by atomic mass is 9.98. The van der Waals surface area contributed by atoms with E-state index in [0.717, 1.165) is 5.56 Å². The Morgan fingerprint density at radius 2 is 1.79 bits per heavy atom. The first kappa shape index (κ1) is 19.5. The van der Waals surface area contributed by atoms with Gasteiger partial charge in [-0.25, -0.2) is 0 Å². The van der Waals surface area contributed by atoms with Crippen molar-refractivity contribution in [2.75, 3.05) is 6.54 Å². The Morgan fingerprint density at radius 1 is 1.00 bits per heavy atom. The Bertz CT molecular complexity index is 894. The average Bonchev–Trinajstić information content (AvgIpc) is 2.62. The lowest BCUT2D eigenvalue weighted by Gasteiger charge is -2.34. The number of amides is 1. The van der Waals surface area contributed by atoms with Crippen LogP contribution >= 0.6 is 0 Å². The van der Waals surface area contributed by atoms with E-state index in [-0.39, 0.29) is 29.6 Å². The summed E-state index contributed by atoms with van der Waals surface area (Å²) in [5.41, 5.74) is 1.57. The third-order valence-electron chi connectivity index (χ3n) is 4.48. The number of hydrogen-bond acceptors (Lipinski definition) is 6. The first-order chi connectivity index (χ1) is 13.3. The second-order valence-electron chi connectivity index (χ2n) is 6.86. The topological polar surface area (TPSA) is 105 Å². The number of ketones is 1. The van der Waals surface area contributed by atoms with Gasteiger partial charge in [-0.15, -0.1) is 0 Å². The lowest BCUT2D eigenvalue weighted by molar-refractivity contribution is -0.120. The molecule has 1 aliphatic heterocycles. The number of benzene rings is 2. The molecule has 1 heterocycles. The fourth-order valence-corrected chi connectivity index (χ4v) is 3.15. The molecule has 0 aliphatic carbocycles. The SMILES string of the molecule is CC(=O)C[C@H]1Oc2cc(CCNC(C)=O)ccc2O[C@H]1c1ccc(O)c(O)c1. The highest BCUT2D eigenvalue weighted by atomic mass is 16.6. The van der Waals surface area contributed by atoms with Crippen molar-refractivity contribution >= 4 is 11.7 Å². The third-order valence-corrected chi connectivity index (χ3v) is 4.48. The maximum atomic E-state index is 11.7. The first-order valence-electron chi connectivity index (χ1n) is 9.05. The minimum atomic E-state index is -0.604. The number of hydrogen-bond donors (Lipinski definition) is 3. The molecule has 148 valence electrons. The van der Waals surface area contributed by atoms with E-state index in [0.29, 0.717) is 30.0 Å². The summed E-state index contributed by atoms with van der Waals surface area (Å²) in [4.78, 5) is 22.7. The van der Waals surface area contributed by atoms with Gasteiger partial charge in [0.25, 0.3) is 0 Å². The zero-order chi connectivity index (χ0) is 20.3. The summed E-state index contributed by atoms with van der Waals surface area (Å²) in [5.74, 6) is 0.437. The minimum absolute atomic E-state index is 0.0492. The summed E-state index contributed by atoms with van der Waals surface area (Å²) in [6, 6.07) is 9.93. The van der Waals surface area contributed by atoms with Crippen LogP contribution in [-0.4, -0.2) is 34.6 Å². The summed E-state index contributed by atoms with van der Waals surface area (Å²) < 4.78 is 12.2. The molecular weight excluding hydrogens is 362 g/mol. The summed E-state index contributed by atoms with van der Waals surface area (Å²) in [6.45, 7) is 3.47. The minimum Gasteiger partial charge on any atom is -0.504 e. The molecule has 0 fully saturated rings. The quantitative estimate of drug-likeness (QED) is 0.660. The highest BCUT2D eigenvalue weighted by Crippen LogP contribution is 2.42. The number of Topliss-reactive ketones (excluding diaryl/α,β-unsaturated/α-hetero) is 1. The van der Waals surface area contributed by atoms with E-state index < -0.39 is 12.2 Å². The molecule has 7 heteroatoms. The molecule has 0 aromatic heterocycles. The van der Waals surface area contributed by atoms with Crippen LogP contribution in [0.25, 0.3) is 0 Å². The monoisotopic (exact) mass is 385 g/mol. The van der Waals surface area contributed by atoms with Gasteiger partial charge in [-0.3, -0.25) is 9.59 Å². The summed E-state index contributed by atoms with van der Waals surface area (Å²) in [5, 5.41) is 22.1. The van der Waals surface area contributed by atoms with Crippen LogP contribution in [0.2, 0.25) is 0 Å². The maximum absolute atomic E-state index is 11.7. The van der Waals surface area contributed by atoms with Crippen molar-refractivity contribution in [1.82, 2.24) is 5.32 Å². The number of carbonyl (C=O) groups is 2. The molecule has 28 heavy (non-hydrogen) atoms. The van der Waals surface area contributed by atoms with E-state index in [4.69, 9.17) is 9.47 Å². The zero-order valence-electron chi connectivity index (χ0n) is 15.8. The second-order valence-corrected chi connectivity index (χ2v) is 6.86. The molecule has 7 nitrogen and oxygen atoms in total. The van der Waals surface area contributed by atoms with Crippen LogP contribution in [0, 0.1) is 0 Å². The van der Waals surface area contributed by atoms with Crippen LogP contribution in [0.3, 0.4) is 0 Å². The van der Waals surface area contributed by atoms with Crippen molar-refractivity contribution in [3.8, 4) is 23.0 Å². The van der Waals surface area contributed by atoms with Crippen molar-refractivity contribution in [2.45, 2.75) is 38.9 Å². The molecule has 0 saturated carbocycles. The predicted molar refractivity (Wildman–Crippen MR) is 102 cm³/mol. The van der Waals surface area contributed by atoms with Gasteiger partial charge in [0.05, 0.1) is 0 Å². The van der Waals surface area contributed by atoms with Gasteiger partial charge >= 0.3 is 0 Å². The van der Waals surface area contributed by atoms with Crippen LogP contribution in [-0.2, 0) is 16.0 Å². The summed E-state index contributed by atoms with van der Waals surface area (Å²) >= 11 is 0. The summed E-state index contributed by atoms with van der Waals surface area (Å²) in [6.07, 6.45) is -0.391. The Balaban J connectivity index is 1.85. The van der Waals surface area contributed by atoms with Gasteiger partial charge in [0.2, 0.25) is 5.91 Å². The van der Waals surface area contributed by atoms with Crippen molar-refractivity contribution in [3.05, 3.63) is 47.5 Å². The van der Waals surface area contributed by atoms with Crippen LogP contribution < -0.4 is 14.8 Å². The van der Waals surface area contributed by atoms with E-state index in [1.54, 1.807) is 12.1 Å².